The number of carbonyl (C=O) groups excluding carboxylic acids is 2. The van der Waals surface area contributed by atoms with Gasteiger partial charge >= 0.3 is 5.97 Å². The van der Waals surface area contributed by atoms with Gasteiger partial charge in [-0.05, 0) is 62.2 Å². The topological polar surface area (TPSA) is 127 Å². The molecule has 4 rings (SSSR count). The third kappa shape index (κ3) is 4.34. The van der Waals surface area contributed by atoms with Gasteiger partial charge in [0.25, 0.3) is 0 Å². The van der Waals surface area contributed by atoms with Gasteiger partial charge in [-0.3, -0.25) is 13.8 Å². The molecule has 4 aliphatic rings. The van der Waals surface area contributed by atoms with E-state index in [9.17, 15) is 24.0 Å². The molecule has 0 saturated heterocycles. The van der Waals surface area contributed by atoms with E-state index in [2.05, 4.69) is 27.4 Å². The summed E-state index contributed by atoms with van der Waals surface area (Å²) in [6.07, 6.45) is 4.54. The third-order valence-electron chi connectivity index (χ3n) is 11.0. The number of hydrogen-bond donors (Lipinski definition) is 3. The molecule has 12 atom stereocenters. The van der Waals surface area contributed by atoms with Crippen molar-refractivity contribution in [1.29, 1.82) is 0 Å². The van der Waals surface area contributed by atoms with Gasteiger partial charge in [0, 0.05) is 40.0 Å². The van der Waals surface area contributed by atoms with Gasteiger partial charge < -0.3 is 20.7 Å². The first-order valence-corrected chi connectivity index (χ1v) is 15.0. The molecule has 0 aromatic rings. The number of ketones is 1. The van der Waals surface area contributed by atoms with Gasteiger partial charge in [-0.2, -0.15) is 0 Å². The quantitative estimate of drug-likeness (QED) is 0.373. The van der Waals surface area contributed by atoms with Crippen LogP contribution in [0.2, 0.25) is 0 Å². The van der Waals surface area contributed by atoms with E-state index >= 15 is 0 Å². The van der Waals surface area contributed by atoms with Crippen molar-refractivity contribution in [3.63, 3.8) is 0 Å². The molecule has 0 radical (unpaired) electrons. The zero-order valence-corrected chi connectivity index (χ0v) is 23.1. The summed E-state index contributed by atoms with van der Waals surface area (Å²) in [5, 5.41) is 21.5. The highest BCUT2D eigenvalue weighted by Crippen LogP contribution is 2.68. The number of Topliss-reactive ketones (excluding diaryl/α,β-unsaturated/α-hetero) is 1. The van der Waals surface area contributed by atoms with Crippen molar-refractivity contribution in [2.24, 2.45) is 39.7 Å². The van der Waals surface area contributed by atoms with Crippen LogP contribution in [0.3, 0.4) is 0 Å². The van der Waals surface area contributed by atoms with Crippen LogP contribution >= 0.6 is 0 Å². The summed E-state index contributed by atoms with van der Waals surface area (Å²) in [5.74, 6) is -0.920. The SMILES string of the molecule is C=C[C@]1(C)C[C@@H](OC(=O)CS(=O)[C@@H]2CC[C@@H](N)C[C@H]2O)[C@]2(C)C(C)CC[C@]3(CCC(=O)[C@H]32)[C@@H](C)[C@@H]1O. The Hall–Kier alpha value is -1.09. The number of nitrogens with two attached hydrogens (primary N) is 1. The Kier molecular flexibility index (Phi) is 7.68. The maximum Gasteiger partial charge on any atom is 0.318 e. The standard InChI is InChI=1S/C28H45NO6S/c1-6-26(4)14-22(35-23(32)15-36(34)21-8-7-18(29)13-20(21)31)27(5)16(2)9-11-28(17(3)25(26)33)12-10-19(30)24(27)28/h6,16-18,20-22,24-25,31,33H,1,7-15,29H2,2-5H3/t16?,17-,18+,20+,21+,22+,24-,25-,26+,27-,28-,36?/m0/s1. The van der Waals surface area contributed by atoms with Gasteiger partial charge in [0.05, 0.1) is 17.5 Å². The van der Waals surface area contributed by atoms with Gasteiger partial charge in [0.2, 0.25) is 0 Å². The van der Waals surface area contributed by atoms with E-state index in [1.807, 2.05) is 6.92 Å². The van der Waals surface area contributed by atoms with Crippen LogP contribution in [0.5, 0.6) is 0 Å². The van der Waals surface area contributed by atoms with Gasteiger partial charge in [-0.15, -0.1) is 6.58 Å². The molecule has 0 aromatic carbocycles. The van der Waals surface area contributed by atoms with Crippen LogP contribution in [0.25, 0.3) is 0 Å². The molecular formula is C28H45NO6S. The first-order valence-electron chi connectivity index (χ1n) is 13.6. The molecule has 0 heterocycles. The molecule has 2 unspecified atom stereocenters. The van der Waals surface area contributed by atoms with Crippen molar-refractivity contribution < 1.29 is 28.7 Å². The Morgan fingerprint density at radius 3 is 2.56 bits per heavy atom. The zero-order chi connectivity index (χ0) is 26.6. The monoisotopic (exact) mass is 523 g/mol. The second-order valence-electron chi connectivity index (χ2n) is 12.8. The molecule has 4 fully saturated rings. The van der Waals surface area contributed by atoms with E-state index < -0.39 is 51.2 Å². The summed E-state index contributed by atoms with van der Waals surface area (Å²) in [5.41, 5.74) is 4.28. The first kappa shape index (κ1) is 27.9. The average molecular weight is 524 g/mol. The maximum atomic E-state index is 13.5. The first-order chi connectivity index (χ1) is 16.8. The Bertz CT molecular complexity index is 926. The Morgan fingerprint density at radius 1 is 1.22 bits per heavy atom. The molecule has 0 aliphatic heterocycles. The van der Waals surface area contributed by atoms with Crippen molar-refractivity contribution in [2.75, 3.05) is 5.75 Å². The summed E-state index contributed by atoms with van der Waals surface area (Å²) in [4.78, 5) is 26.7. The molecule has 2 bridgehead atoms. The number of rotatable bonds is 5. The van der Waals surface area contributed by atoms with Crippen molar-refractivity contribution >= 4 is 22.6 Å². The second kappa shape index (κ2) is 9.90. The van der Waals surface area contributed by atoms with E-state index in [1.165, 1.54) is 0 Å². The average Bonchev–Trinajstić information content (AvgIpc) is 3.17. The molecular weight excluding hydrogens is 478 g/mol. The molecule has 36 heavy (non-hydrogen) atoms. The molecule has 0 spiro atoms. The van der Waals surface area contributed by atoms with Crippen LogP contribution in [0.15, 0.2) is 12.7 Å². The van der Waals surface area contributed by atoms with Crippen LogP contribution in [0.4, 0.5) is 0 Å². The molecule has 4 saturated carbocycles. The highest BCUT2D eigenvalue weighted by atomic mass is 32.2. The number of aliphatic hydroxyl groups is 2. The largest absolute Gasteiger partial charge is 0.461 e. The van der Waals surface area contributed by atoms with Crippen molar-refractivity contribution in [2.45, 2.75) is 109 Å². The summed E-state index contributed by atoms with van der Waals surface area (Å²) in [6, 6.07) is -0.113. The molecule has 8 heteroatoms. The van der Waals surface area contributed by atoms with Crippen LogP contribution in [0.1, 0.15) is 79.1 Å². The Labute approximate surface area is 218 Å². The van der Waals surface area contributed by atoms with Gasteiger partial charge in [-0.25, -0.2) is 0 Å². The number of carbonyl (C=O) groups is 2. The van der Waals surface area contributed by atoms with Crippen LogP contribution in [0, 0.1) is 34.0 Å². The van der Waals surface area contributed by atoms with Crippen LogP contribution < -0.4 is 5.73 Å². The molecule has 0 aromatic heterocycles. The lowest BCUT2D eigenvalue weighted by Crippen LogP contribution is -2.63. The highest BCUT2D eigenvalue weighted by Gasteiger charge is 2.68. The lowest BCUT2D eigenvalue weighted by atomic mass is 9.44. The fraction of sp³-hybridized carbons (Fsp3) is 0.857. The Balaban J connectivity index is 1.65. The van der Waals surface area contributed by atoms with E-state index in [1.54, 1.807) is 6.08 Å². The number of esters is 1. The summed E-state index contributed by atoms with van der Waals surface area (Å²) >= 11 is 0. The fourth-order valence-electron chi connectivity index (χ4n) is 8.37. The minimum Gasteiger partial charge on any atom is -0.461 e. The maximum absolute atomic E-state index is 13.5. The number of ether oxygens (including phenoxy) is 1. The molecule has 204 valence electrons. The Morgan fingerprint density at radius 2 is 1.92 bits per heavy atom. The number of hydrogen-bond acceptors (Lipinski definition) is 7. The third-order valence-corrected chi connectivity index (χ3v) is 12.7. The van der Waals surface area contributed by atoms with E-state index in [0.717, 1.165) is 19.3 Å². The van der Waals surface area contributed by atoms with Gasteiger partial charge in [0.15, 0.2) is 0 Å². The highest BCUT2D eigenvalue weighted by molar-refractivity contribution is 7.86. The predicted molar refractivity (Wildman–Crippen MR) is 139 cm³/mol. The summed E-state index contributed by atoms with van der Waals surface area (Å²) < 4.78 is 19.2. The fourth-order valence-corrected chi connectivity index (χ4v) is 9.75. The van der Waals surface area contributed by atoms with Crippen molar-refractivity contribution in [3.8, 4) is 0 Å². The zero-order valence-electron chi connectivity index (χ0n) is 22.3. The molecule has 4 N–H and O–H groups in total. The summed E-state index contributed by atoms with van der Waals surface area (Å²) in [7, 11) is -1.59. The van der Waals surface area contributed by atoms with Gasteiger partial charge in [-0.1, -0.05) is 33.8 Å². The van der Waals surface area contributed by atoms with E-state index in [-0.39, 0.29) is 40.7 Å². The van der Waals surface area contributed by atoms with Crippen molar-refractivity contribution in [1.82, 2.24) is 0 Å². The van der Waals surface area contributed by atoms with Crippen LogP contribution in [-0.2, 0) is 25.1 Å². The number of aliphatic hydroxyl groups excluding tert-OH is 2. The summed E-state index contributed by atoms with van der Waals surface area (Å²) in [6.45, 7) is 12.3. The second-order valence-corrected chi connectivity index (χ2v) is 14.4. The lowest BCUT2D eigenvalue weighted by molar-refractivity contribution is -0.205. The van der Waals surface area contributed by atoms with Crippen LogP contribution in [-0.4, -0.2) is 61.5 Å². The van der Waals surface area contributed by atoms with Gasteiger partial charge in [0.1, 0.15) is 17.6 Å². The lowest BCUT2D eigenvalue weighted by Gasteiger charge is -2.61. The van der Waals surface area contributed by atoms with E-state index in [4.69, 9.17) is 10.5 Å². The minimum absolute atomic E-state index is 0.0907. The molecule has 4 aliphatic carbocycles. The minimum atomic E-state index is -1.59. The predicted octanol–water partition coefficient (Wildman–Crippen LogP) is 2.88. The van der Waals surface area contributed by atoms with Crippen molar-refractivity contribution in [3.05, 3.63) is 12.7 Å². The normalized spacial score (nSPS) is 49.9. The smallest absolute Gasteiger partial charge is 0.318 e. The molecule has 0 amide bonds. The molecule has 7 nitrogen and oxygen atoms in total. The van der Waals surface area contributed by atoms with E-state index in [0.29, 0.717) is 32.1 Å².